The van der Waals surface area contributed by atoms with Crippen LogP contribution >= 0.6 is 23.1 Å². The van der Waals surface area contributed by atoms with Crippen molar-refractivity contribution in [3.8, 4) is 0 Å². The first-order valence-electron chi connectivity index (χ1n) is 5.72. The minimum atomic E-state index is -0.452. The monoisotopic (exact) mass is 303 g/mol. The van der Waals surface area contributed by atoms with Gasteiger partial charge in [-0.3, -0.25) is 4.79 Å². The number of thiophene rings is 1. The number of thioether (sulfide) groups is 1. The van der Waals surface area contributed by atoms with Crippen LogP contribution in [-0.2, 0) is 9.53 Å². The quantitative estimate of drug-likeness (QED) is 0.752. The highest BCUT2D eigenvalue weighted by Gasteiger charge is 2.15. The molecule has 1 amide bonds. The molecule has 1 aromatic rings. The molecule has 0 saturated carbocycles. The van der Waals surface area contributed by atoms with Gasteiger partial charge in [-0.15, -0.1) is 11.3 Å². The second-order valence-corrected chi connectivity index (χ2v) is 5.95. The molecule has 0 saturated heterocycles. The molecule has 0 radical (unpaired) electrons. The van der Waals surface area contributed by atoms with E-state index in [2.05, 4.69) is 10.1 Å². The third-order valence-electron chi connectivity index (χ3n) is 2.26. The number of ether oxygens (including phenoxy) is 1. The number of carbonyl (C=O) groups is 2. The van der Waals surface area contributed by atoms with Crippen molar-refractivity contribution in [2.45, 2.75) is 6.92 Å². The fourth-order valence-electron chi connectivity index (χ4n) is 1.25. The summed E-state index contributed by atoms with van der Waals surface area (Å²) in [5.41, 5.74) is 0.484. The average molecular weight is 303 g/mol. The molecular weight excluding hydrogens is 286 g/mol. The number of aliphatic hydroxyl groups is 1. The van der Waals surface area contributed by atoms with Crippen molar-refractivity contribution >= 4 is 40.7 Å². The van der Waals surface area contributed by atoms with E-state index in [1.807, 2.05) is 6.92 Å². The third kappa shape index (κ3) is 5.22. The lowest BCUT2D eigenvalue weighted by molar-refractivity contribution is -0.113. The molecule has 106 valence electrons. The summed E-state index contributed by atoms with van der Waals surface area (Å²) >= 11 is 2.68. The predicted molar refractivity (Wildman–Crippen MR) is 77.9 cm³/mol. The molecule has 0 aliphatic carbocycles. The van der Waals surface area contributed by atoms with Gasteiger partial charge in [0.15, 0.2) is 0 Å². The van der Waals surface area contributed by atoms with Crippen molar-refractivity contribution in [1.82, 2.24) is 0 Å². The first-order valence-corrected chi connectivity index (χ1v) is 7.76. The summed E-state index contributed by atoms with van der Waals surface area (Å²) in [6.07, 6.45) is 0. The number of amides is 1. The van der Waals surface area contributed by atoms with Crippen molar-refractivity contribution < 1.29 is 19.4 Å². The minimum Gasteiger partial charge on any atom is -0.465 e. The van der Waals surface area contributed by atoms with E-state index in [1.54, 1.807) is 11.4 Å². The number of aliphatic hydroxyl groups excluding tert-OH is 1. The van der Waals surface area contributed by atoms with Gasteiger partial charge in [0.05, 0.1) is 18.6 Å². The lowest BCUT2D eigenvalue weighted by Crippen LogP contribution is -2.17. The summed E-state index contributed by atoms with van der Waals surface area (Å²) in [5.74, 6) is 0.563. The van der Waals surface area contributed by atoms with Crippen molar-refractivity contribution in [2.24, 2.45) is 5.92 Å². The van der Waals surface area contributed by atoms with Crippen LogP contribution in [0.25, 0.3) is 0 Å². The Labute approximate surface area is 120 Å². The summed E-state index contributed by atoms with van der Waals surface area (Å²) in [5, 5.41) is 13.3. The van der Waals surface area contributed by atoms with E-state index in [0.29, 0.717) is 16.3 Å². The van der Waals surface area contributed by atoms with Crippen LogP contribution in [0.15, 0.2) is 11.4 Å². The van der Waals surface area contributed by atoms with Gasteiger partial charge in [0.1, 0.15) is 4.88 Å². The predicted octanol–water partition coefficient (Wildman–Crippen LogP) is 1.83. The highest BCUT2D eigenvalue weighted by atomic mass is 32.2. The topological polar surface area (TPSA) is 75.6 Å². The Hall–Kier alpha value is -1.05. The molecule has 5 nitrogen and oxygen atoms in total. The van der Waals surface area contributed by atoms with Gasteiger partial charge in [-0.1, -0.05) is 6.92 Å². The Balaban J connectivity index is 2.44. The Bertz CT molecular complexity index is 433. The molecule has 1 atom stereocenters. The number of hydrogen-bond donors (Lipinski definition) is 2. The number of methoxy groups -OCH3 is 1. The van der Waals surface area contributed by atoms with Gasteiger partial charge < -0.3 is 15.2 Å². The first-order chi connectivity index (χ1) is 9.08. The van der Waals surface area contributed by atoms with Crippen LogP contribution < -0.4 is 5.32 Å². The summed E-state index contributed by atoms with van der Waals surface area (Å²) in [4.78, 5) is 23.5. The standard InChI is InChI=1S/C12H17NO4S2/c1-8(5-14)6-18-7-10(15)13-9-3-4-19-11(9)12(16)17-2/h3-4,8,14H,5-7H2,1-2H3,(H,13,15)/t8-/m0/s1. The second-order valence-electron chi connectivity index (χ2n) is 4.01. The summed E-state index contributed by atoms with van der Waals surface area (Å²) in [7, 11) is 1.31. The van der Waals surface area contributed by atoms with Crippen LogP contribution in [0, 0.1) is 5.92 Å². The number of anilines is 1. The van der Waals surface area contributed by atoms with E-state index < -0.39 is 5.97 Å². The zero-order chi connectivity index (χ0) is 14.3. The zero-order valence-electron chi connectivity index (χ0n) is 10.8. The van der Waals surface area contributed by atoms with E-state index in [1.165, 1.54) is 30.2 Å². The van der Waals surface area contributed by atoms with Gasteiger partial charge in [0, 0.05) is 6.61 Å². The van der Waals surface area contributed by atoms with Crippen molar-refractivity contribution in [1.29, 1.82) is 0 Å². The molecule has 2 N–H and O–H groups in total. The van der Waals surface area contributed by atoms with Gasteiger partial charge in [0.25, 0.3) is 0 Å². The van der Waals surface area contributed by atoms with E-state index in [0.717, 1.165) is 5.75 Å². The first kappa shape index (κ1) is 16.0. The lowest BCUT2D eigenvalue weighted by atomic mass is 10.2. The molecular formula is C12H17NO4S2. The van der Waals surface area contributed by atoms with Crippen molar-refractivity contribution in [2.75, 3.05) is 30.5 Å². The largest absolute Gasteiger partial charge is 0.465 e. The van der Waals surface area contributed by atoms with Crippen LogP contribution in [0.3, 0.4) is 0 Å². The number of rotatable bonds is 7. The Kier molecular flexibility index (Phi) is 6.90. The SMILES string of the molecule is COC(=O)c1sccc1NC(=O)CSC[C@@H](C)CO. The Morgan fingerprint density at radius 1 is 1.58 bits per heavy atom. The smallest absolute Gasteiger partial charge is 0.350 e. The maximum Gasteiger partial charge on any atom is 0.350 e. The molecule has 0 aromatic carbocycles. The molecule has 0 unspecified atom stereocenters. The summed E-state index contributed by atoms with van der Waals surface area (Å²) < 4.78 is 4.63. The zero-order valence-corrected chi connectivity index (χ0v) is 12.5. The number of esters is 1. The van der Waals surface area contributed by atoms with Gasteiger partial charge in [0.2, 0.25) is 5.91 Å². The van der Waals surface area contributed by atoms with Gasteiger partial charge in [-0.25, -0.2) is 4.79 Å². The average Bonchev–Trinajstić information content (AvgIpc) is 2.85. The molecule has 0 aliphatic rings. The fourth-order valence-corrected chi connectivity index (χ4v) is 2.90. The van der Waals surface area contributed by atoms with Gasteiger partial charge in [-0.2, -0.15) is 11.8 Å². The minimum absolute atomic E-state index is 0.117. The molecule has 0 fully saturated rings. The number of nitrogens with one attached hydrogen (secondary N) is 1. The number of hydrogen-bond acceptors (Lipinski definition) is 6. The maximum absolute atomic E-state index is 11.7. The molecule has 19 heavy (non-hydrogen) atoms. The van der Waals surface area contributed by atoms with Crippen molar-refractivity contribution in [3.63, 3.8) is 0 Å². The van der Waals surface area contributed by atoms with Crippen molar-refractivity contribution in [3.05, 3.63) is 16.3 Å². The van der Waals surface area contributed by atoms with Crippen LogP contribution in [0.5, 0.6) is 0 Å². The molecule has 0 bridgehead atoms. The second kappa shape index (κ2) is 8.19. The molecule has 7 heteroatoms. The van der Waals surface area contributed by atoms with Crippen LogP contribution in [0.4, 0.5) is 5.69 Å². The Morgan fingerprint density at radius 2 is 2.32 bits per heavy atom. The summed E-state index contributed by atoms with van der Waals surface area (Å²) in [6.45, 7) is 2.03. The van der Waals surface area contributed by atoms with Gasteiger partial charge >= 0.3 is 5.97 Å². The van der Waals surface area contributed by atoms with Gasteiger partial charge in [-0.05, 0) is 23.1 Å². The lowest BCUT2D eigenvalue weighted by Gasteiger charge is -2.08. The highest BCUT2D eigenvalue weighted by Crippen LogP contribution is 2.23. The maximum atomic E-state index is 11.7. The number of carbonyl (C=O) groups excluding carboxylic acids is 2. The highest BCUT2D eigenvalue weighted by molar-refractivity contribution is 7.99. The third-order valence-corrected chi connectivity index (χ3v) is 4.42. The summed E-state index contributed by atoms with van der Waals surface area (Å²) in [6, 6.07) is 1.68. The van der Waals surface area contributed by atoms with Crippen LogP contribution in [0.1, 0.15) is 16.6 Å². The van der Waals surface area contributed by atoms with E-state index >= 15 is 0 Å². The van der Waals surface area contributed by atoms with E-state index in [-0.39, 0.29) is 18.4 Å². The molecule has 1 heterocycles. The molecule has 0 spiro atoms. The van der Waals surface area contributed by atoms with E-state index in [9.17, 15) is 9.59 Å². The van der Waals surface area contributed by atoms with E-state index in [4.69, 9.17) is 5.11 Å². The molecule has 1 rings (SSSR count). The van der Waals surface area contributed by atoms with Crippen LogP contribution in [0.2, 0.25) is 0 Å². The normalized spacial score (nSPS) is 11.9. The molecule has 1 aromatic heterocycles. The Morgan fingerprint density at radius 3 is 2.95 bits per heavy atom. The van der Waals surface area contributed by atoms with Crippen LogP contribution in [-0.4, -0.2) is 42.2 Å². The fraction of sp³-hybridized carbons (Fsp3) is 0.500. The molecule has 0 aliphatic heterocycles.